The third-order valence-electron chi connectivity index (χ3n) is 8.47. The summed E-state index contributed by atoms with van der Waals surface area (Å²) in [5.41, 5.74) is 2.74. The third-order valence-corrected chi connectivity index (χ3v) is 8.47. The quantitative estimate of drug-likeness (QED) is 0.230. The zero-order chi connectivity index (χ0) is 31.4. The van der Waals surface area contributed by atoms with Crippen LogP contribution >= 0.6 is 0 Å². The number of hydrogen-bond donors (Lipinski definition) is 1. The van der Waals surface area contributed by atoms with Crippen LogP contribution in [0.5, 0.6) is 11.5 Å². The van der Waals surface area contributed by atoms with Crippen molar-refractivity contribution in [2.75, 3.05) is 52.5 Å². The smallest absolute Gasteiger partial charge is 0.308 e. The van der Waals surface area contributed by atoms with Gasteiger partial charge in [0.15, 0.2) is 11.5 Å². The van der Waals surface area contributed by atoms with Crippen molar-refractivity contribution in [1.29, 1.82) is 0 Å². The first-order chi connectivity index (χ1) is 20.3. The number of nitrogens with zero attached hydrogens (tertiary/aromatic N) is 3. The number of carboxylic acid groups (broad SMARTS) is 1. The van der Waals surface area contributed by atoms with Gasteiger partial charge in [-0.25, -0.2) is 0 Å². The van der Waals surface area contributed by atoms with Gasteiger partial charge in [0.1, 0.15) is 6.54 Å². The number of likely N-dealkylation sites (tertiary alicyclic amines) is 1. The average Bonchev–Trinajstić information content (AvgIpc) is 3.52. The van der Waals surface area contributed by atoms with E-state index in [1.807, 2.05) is 48.2 Å². The molecular formula is C35H50N3O5+. The monoisotopic (exact) mass is 592 g/mol. The summed E-state index contributed by atoms with van der Waals surface area (Å²) in [5, 5.41) is 10.6. The normalized spacial score (nSPS) is 20.6. The number of carboxylic acids is 1. The highest BCUT2D eigenvalue weighted by Crippen LogP contribution is 2.45. The van der Waals surface area contributed by atoms with Gasteiger partial charge in [-0.3, -0.25) is 14.5 Å². The SMILES string of the molecule is C/C=C/C(C)(C)CC1C(C(=O)O)C(c2ccc3c(c2)OCO3)CN1CC(=O)N(CCCC)c1cccc(C[N+](C)(C)C)c1. The van der Waals surface area contributed by atoms with Crippen molar-refractivity contribution in [1.82, 2.24) is 4.90 Å². The number of carbonyl (C=O) groups is 2. The van der Waals surface area contributed by atoms with Gasteiger partial charge >= 0.3 is 5.97 Å². The Morgan fingerprint density at radius 1 is 1.12 bits per heavy atom. The van der Waals surface area contributed by atoms with Crippen molar-refractivity contribution in [2.45, 2.75) is 65.5 Å². The van der Waals surface area contributed by atoms with Crippen LogP contribution in [0.1, 0.15) is 64.0 Å². The van der Waals surface area contributed by atoms with Crippen molar-refractivity contribution in [3.63, 3.8) is 0 Å². The van der Waals surface area contributed by atoms with Crippen LogP contribution in [0.15, 0.2) is 54.6 Å². The van der Waals surface area contributed by atoms with E-state index in [0.29, 0.717) is 31.0 Å². The second-order valence-electron chi connectivity index (χ2n) is 13.8. The maximum absolute atomic E-state index is 14.2. The van der Waals surface area contributed by atoms with Crippen molar-refractivity contribution >= 4 is 17.6 Å². The first-order valence-corrected chi connectivity index (χ1v) is 15.5. The lowest BCUT2D eigenvalue weighted by molar-refractivity contribution is -0.884. The van der Waals surface area contributed by atoms with Crippen LogP contribution in [-0.4, -0.2) is 80.0 Å². The number of ether oxygens (including phenoxy) is 2. The summed E-state index contributed by atoms with van der Waals surface area (Å²) < 4.78 is 11.9. The van der Waals surface area contributed by atoms with E-state index in [0.717, 1.165) is 35.1 Å². The molecule has 2 aromatic carbocycles. The van der Waals surface area contributed by atoms with Gasteiger partial charge in [0.05, 0.1) is 33.6 Å². The molecule has 0 bridgehead atoms. The molecule has 0 saturated carbocycles. The standard InChI is InChI=1S/C35H49N3O5/c1-8-10-17-37(27-13-11-12-25(18-27)23-38(5,6)7)32(39)22-36-21-28(26-14-15-30-31(19-26)43-24-42-30)33(34(40)41)29(36)20-35(3,4)16-9-2/h9,11-16,18-19,28-29,33H,8,10,17,20-24H2,1-7H3/p+1/b16-9+. The van der Waals surface area contributed by atoms with Gasteiger partial charge in [-0.15, -0.1) is 0 Å². The molecule has 3 atom stereocenters. The fourth-order valence-corrected chi connectivity index (χ4v) is 6.63. The van der Waals surface area contributed by atoms with Crippen LogP contribution in [0, 0.1) is 11.3 Å². The number of amides is 1. The summed E-state index contributed by atoms with van der Waals surface area (Å²) in [7, 11) is 6.47. The van der Waals surface area contributed by atoms with Gasteiger partial charge < -0.3 is 24.0 Å². The van der Waals surface area contributed by atoms with Crippen LogP contribution in [0.3, 0.4) is 0 Å². The van der Waals surface area contributed by atoms with Crippen LogP contribution < -0.4 is 14.4 Å². The Morgan fingerprint density at radius 2 is 1.86 bits per heavy atom. The summed E-state index contributed by atoms with van der Waals surface area (Å²) >= 11 is 0. The van der Waals surface area contributed by atoms with Crippen LogP contribution in [-0.2, 0) is 16.1 Å². The first-order valence-electron chi connectivity index (χ1n) is 15.5. The molecule has 0 aliphatic carbocycles. The molecular weight excluding hydrogens is 542 g/mol. The van der Waals surface area contributed by atoms with Gasteiger partial charge in [-0.05, 0) is 55.0 Å². The van der Waals surface area contributed by atoms with E-state index in [2.05, 4.69) is 65.0 Å². The number of anilines is 1. The molecule has 2 aliphatic heterocycles. The number of allylic oxidation sites excluding steroid dienone is 2. The second kappa shape index (κ2) is 13.5. The van der Waals surface area contributed by atoms with E-state index >= 15 is 0 Å². The topological polar surface area (TPSA) is 79.3 Å². The molecule has 1 amide bonds. The maximum Gasteiger partial charge on any atom is 0.308 e. The Balaban J connectivity index is 1.67. The van der Waals surface area contributed by atoms with Crippen molar-refractivity contribution in [2.24, 2.45) is 11.3 Å². The summed E-state index contributed by atoms with van der Waals surface area (Å²) in [4.78, 5) is 31.2. The van der Waals surface area contributed by atoms with Gasteiger partial charge in [-0.2, -0.15) is 0 Å². The molecule has 43 heavy (non-hydrogen) atoms. The Hall–Kier alpha value is -3.36. The van der Waals surface area contributed by atoms with E-state index in [9.17, 15) is 14.7 Å². The van der Waals surface area contributed by atoms with E-state index in [-0.39, 0.29) is 36.6 Å². The minimum Gasteiger partial charge on any atom is -0.481 e. The van der Waals surface area contributed by atoms with E-state index in [1.54, 1.807) is 0 Å². The van der Waals surface area contributed by atoms with Crippen molar-refractivity contribution in [3.8, 4) is 11.5 Å². The Labute approximate surface area is 257 Å². The molecule has 0 aromatic heterocycles. The molecule has 0 radical (unpaired) electrons. The number of carbonyl (C=O) groups excluding carboxylic acids is 1. The maximum atomic E-state index is 14.2. The number of rotatable bonds is 13. The molecule has 2 aromatic rings. The van der Waals surface area contributed by atoms with Crippen LogP contribution in [0.2, 0.25) is 0 Å². The number of hydrogen-bond acceptors (Lipinski definition) is 5. The summed E-state index contributed by atoms with van der Waals surface area (Å²) in [6.07, 6.45) is 6.63. The number of quaternary nitrogens is 1. The summed E-state index contributed by atoms with van der Waals surface area (Å²) in [6, 6.07) is 13.7. The third kappa shape index (κ3) is 8.18. The van der Waals surface area contributed by atoms with E-state index in [1.165, 1.54) is 5.56 Å². The van der Waals surface area contributed by atoms with E-state index in [4.69, 9.17) is 9.47 Å². The zero-order valence-electron chi connectivity index (χ0n) is 27.0. The van der Waals surface area contributed by atoms with Crippen molar-refractivity contribution in [3.05, 3.63) is 65.7 Å². The molecule has 8 nitrogen and oxygen atoms in total. The molecule has 3 unspecified atom stereocenters. The average molecular weight is 593 g/mol. The number of benzene rings is 2. The minimum absolute atomic E-state index is 0.000152. The predicted octanol–water partition coefficient (Wildman–Crippen LogP) is 5.92. The highest BCUT2D eigenvalue weighted by atomic mass is 16.7. The molecule has 2 aliphatic rings. The molecule has 1 saturated heterocycles. The highest BCUT2D eigenvalue weighted by molar-refractivity contribution is 5.95. The Morgan fingerprint density at radius 3 is 2.53 bits per heavy atom. The van der Waals surface area contributed by atoms with Gasteiger partial charge in [0, 0.05) is 36.3 Å². The summed E-state index contributed by atoms with van der Waals surface area (Å²) in [6.45, 7) is 10.7. The molecule has 1 N–H and O–H groups in total. The van der Waals surface area contributed by atoms with Gasteiger partial charge in [0.25, 0.3) is 0 Å². The Bertz CT molecular complexity index is 1310. The fraction of sp³-hybridized carbons (Fsp3) is 0.543. The lowest BCUT2D eigenvalue weighted by Crippen LogP contribution is -2.45. The number of aliphatic carboxylic acids is 1. The minimum atomic E-state index is -0.838. The largest absolute Gasteiger partial charge is 0.481 e. The molecule has 1 fully saturated rings. The van der Waals surface area contributed by atoms with Gasteiger partial charge in [-0.1, -0.05) is 57.5 Å². The first kappa shape index (κ1) is 32.6. The van der Waals surface area contributed by atoms with Crippen LogP contribution in [0.25, 0.3) is 0 Å². The predicted molar refractivity (Wildman–Crippen MR) is 170 cm³/mol. The molecule has 4 rings (SSSR count). The lowest BCUT2D eigenvalue weighted by atomic mass is 9.77. The van der Waals surface area contributed by atoms with E-state index < -0.39 is 11.9 Å². The highest BCUT2D eigenvalue weighted by Gasteiger charge is 2.48. The van der Waals surface area contributed by atoms with Crippen LogP contribution in [0.4, 0.5) is 5.69 Å². The molecule has 0 spiro atoms. The Kier molecular flexibility index (Phi) is 10.2. The fourth-order valence-electron chi connectivity index (χ4n) is 6.63. The number of unbranched alkanes of at least 4 members (excludes halogenated alkanes) is 1. The van der Waals surface area contributed by atoms with Crippen molar-refractivity contribution < 1.29 is 28.7 Å². The van der Waals surface area contributed by atoms with Gasteiger partial charge in [0.2, 0.25) is 12.7 Å². The molecule has 2 heterocycles. The number of fused-ring (bicyclic) bond motifs is 1. The zero-order valence-corrected chi connectivity index (χ0v) is 27.0. The molecule has 234 valence electrons. The lowest BCUT2D eigenvalue weighted by Gasteiger charge is -2.34. The molecule has 8 heteroatoms. The second-order valence-corrected chi connectivity index (χ2v) is 13.8. The summed E-state index contributed by atoms with van der Waals surface area (Å²) in [5.74, 6) is -0.486.